The van der Waals surface area contributed by atoms with E-state index in [1.807, 2.05) is 62.7 Å². The Hall–Kier alpha value is -3.83. The van der Waals surface area contributed by atoms with Crippen LogP contribution in [0.3, 0.4) is 0 Å². The molecule has 1 aromatic heterocycles. The molecule has 12 nitrogen and oxygen atoms in total. The van der Waals surface area contributed by atoms with Gasteiger partial charge < -0.3 is 20.6 Å². The Bertz CT molecular complexity index is 1340. The van der Waals surface area contributed by atoms with Crippen LogP contribution < -0.4 is 10.6 Å². The number of carbonyl (C=O) groups excluding carboxylic acids is 3. The van der Waals surface area contributed by atoms with Crippen molar-refractivity contribution in [2.45, 2.75) is 110 Å². The number of benzene rings is 1. The van der Waals surface area contributed by atoms with Crippen molar-refractivity contribution in [3.8, 4) is 0 Å². The first-order chi connectivity index (χ1) is 21.3. The number of fused-ring (bicyclic) bond motifs is 1. The average molecular weight is 624 g/mol. The monoisotopic (exact) mass is 623 g/mol. The first kappa shape index (κ1) is 34.1. The van der Waals surface area contributed by atoms with Gasteiger partial charge in [0, 0.05) is 19.4 Å². The fourth-order valence-electron chi connectivity index (χ4n) is 6.90. The number of carbonyl (C=O) groups is 4. The summed E-state index contributed by atoms with van der Waals surface area (Å²) >= 11 is 0. The number of aliphatic carboxylic acids is 1. The Morgan fingerprint density at radius 1 is 0.978 bits per heavy atom. The molecule has 246 valence electrons. The van der Waals surface area contributed by atoms with Crippen LogP contribution in [0.5, 0.6) is 0 Å². The smallest absolute Gasteiger partial charge is 0.326 e. The number of likely N-dealkylation sites (tertiary alicyclic amines) is 1. The zero-order valence-electron chi connectivity index (χ0n) is 27.4. The Kier molecular flexibility index (Phi) is 11.0. The standard InChI is InChI=1S/C33H49N7O5/c1-20(2)27(30(42)35-28(21(3)4)31(43)39-19-22-13-12-16-24(22)29(39)32(44)45)34-26(41)18-11-10-17-25-36-37-38-40(25)33(5,6)23-14-8-7-9-15-23/h7-9,14-15,20-22,24,27-29H,10-13,16-19H2,1-6H3,(H,34,41)(H,35,42)(H,44,45)/t22?,24-,27-,28-,29?/m0/s1. The Morgan fingerprint density at radius 2 is 1.67 bits per heavy atom. The van der Waals surface area contributed by atoms with E-state index in [-0.39, 0.29) is 41.9 Å². The number of nitrogens with one attached hydrogen (secondary N) is 2. The highest BCUT2D eigenvalue weighted by atomic mass is 16.4. The molecule has 1 aliphatic heterocycles. The van der Waals surface area contributed by atoms with Crippen LogP contribution in [0.25, 0.3) is 0 Å². The third-order valence-electron chi connectivity index (χ3n) is 9.52. The van der Waals surface area contributed by atoms with Crippen molar-refractivity contribution >= 4 is 23.7 Å². The molecule has 3 amide bonds. The molecule has 0 bridgehead atoms. The van der Waals surface area contributed by atoms with Crippen molar-refractivity contribution < 1.29 is 24.3 Å². The summed E-state index contributed by atoms with van der Waals surface area (Å²) in [6, 6.07) is 7.43. The fourth-order valence-corrected chi connectivity index (χ4v) is 6.90. The summed E-state index contributed by atoms with van der Waals surface area (Å²) in [5.41, 5.74) is 0.647. The van der Waals surface area contributed by atoms with Crippen molar-refractivity contribution in [3.05, 3.63) is 41.7 Å². The zero-order valence-corrected chi connectivity index (χ0v) is 27.4. The zero-order chi connectivity index (χ0) is 32.9. The summed E-state index contributed by atoms with van der Waals surface area (Å²) in [5, 5.41) is 28.0. The predicted octanol–water partition coefficient (Wildman–Crippen LogP) is 3.16. The van der Waals surface area contributed by atoms with Gasteiger partial charge in [-0.2, -0.15) is 0 Å². The van der Waals surface area contributed by atoms with Gasteiger partial charge in [0.15, 0.2) is 5.82 Å². The second-order valence-corrected chi connectivity index (χ2v) is 13.8. The Labute approximate surface area is 265 Å². The topological polar surface area (TPSA) is 159 Å². The van der Waals surface area contributed by atoms with E-state index in [4.69, 9.17) is 0 Å². The SMILES string of the molecule is CC(C)[C@H](NC(=O)CCCCc1nnnn1C(C)(C)c1ccccc1)C(=O)N[C@H](C(=O)N1CC2CCC[C@@H]2C1C(=O)O)C(C)C. The normalized spacial score (nSPS) is 21.1. The van der Waals surface area contributed by atoms with Gasteiger partial charge in [-0.3, -0.25) is 14.4 Å². The van der Waals surface area contributed by atoms with Crippen LogP contribution in [0.4, 0.5) is 0 Å². The number of nitrogens with zero attached hydrogens (tertiary/aromatic N) is 5. The summed E-state index contributed by atoms with van der Waals surface area (Å²) in [5.74, 6) is -1.66. The van der Waals surface area contributed by atoms with E-state index in [0.29, 0.717) is 25.8 Å². The average Bonchev–Trinajstić information content (AvgIpc) is 3.73. The summed E-state index contributed by atoms with van der Waals surface area (Å²) in [7, 11) is 0. The molecule has 2 aliphatic rings. The van der Waals surface area contributed by atoms with Crippen LogP contribution in [0.1, 0.15) is 91.5 Å². The molecule has 3 N–H and O–H groups in total. The molecule has 45 heavy (non-hydrogen) atoms. The maximum absolute atomic E-state index is 13.7. The molecule has 2 unspecified atom stereocenters. The van der Waals surface area contributed by atoms with E-state index < -0.39 is 35.5 Å². The van der Waals surface area contributed by atoms with E-state index in [2.05, 4.69) is 40.0 Å². The number of carboxylic acids is 1. The molecule has 1 aromatic carbocycles. The highest BCUT2D eigenvalue weighted by molar-refractivity contribution is 5.94. The highest BCUT2D eigenvalue weighted by Gasteiger charge is 2.51. The molecule has 0 radical (unpaired) electrons. The molecular weight excluding hydrogens is 574 g/mol. The Balaban J connectivity index is 1.31. The summed E-state index contributed by atoms with van der Waals surface area (Å²) < 4.78 is 1.82. The number of carboxylic acid groups (broad SMARTS) is 1. The van der Waals surface area contributed by atoms with Crippen LogP contribution in [0.15, 0.2) is 30.3 Å². The van der Waals surface area contributed by atoms with Crippen molar-refractivity contribution in [2.24, 2.45) is 23.7 Å². The minimum atomic E-state index is -0.990. The second kappa shape index (κ2) is 14.5. The minimum Gasteiger partial charge on any atom is -0.480 e. The number of rotatable bonds is 14. The lowest BCUT2D eigenvalue weighted by Crippen LogP contribution is -2.58. The first-order valence-corrected chi connectivity index (χ1v) is 16.3. The van der Waals surface area contributed by atoms with Crippen LogP contribution in [0.2, 0.25) is 0 Å². The molecule has 0 spiro atoms. The van der Waals surface area contributed by atoms with E-state index in [9.17, 15) is 24.3 Å². The van der Waals surface area contributed by atoms with E-state index in [0.717, 1.165) is 30.7 Å². The fraction of sp³-hybridized carbons (Fsp3) is 0.667. The predicted molar refractivity (Wildman–Crippen MR) is 168 cm³/mol. The quantitative estimate of drug-likeness (QED) is 0.271. The number of unbranched alkanes of at least 4 members (excludes halogenated alkanes) is 1. The Morgan fingerprint density at radius 3 is 2.31 bits per heavy atom. The van der Waals surface area contributed by atoms with E-state index >= 15 is 0 Å². The number of amides is 3. The molecule has 2 heterocycles. The lowest BCUT2D eigenvalue weighted by molar-refractivity contribution is -0.151. The van der Waals surface area contributed by atoms with Crippen LogP contribution >= 0.6 is 0 Å². The molecule has 1 saturated carbocycles. The molecular formula is C33H49N7O5. The van der Waals surface area contributed by atoms with Gasteiger partial charge in [0.1, 0.15) is 18.1 Å². The second-order valence-electron chi connectivity index (χ2n) is 13.8. The van der Waals surface area contributed by atoms with Crippen molar-refractivity contribution in [3.63, 3.8) is 0 Å². The van der Waals surface area contributed by atoms with Gasteiger partial charge in [-0.15, -0.1) is 5.10 Å². The highest BCUT2D eigenvalue weighted by Crippen LogP contribution is 2.42. The lowest BCUT2D eigenvalue weighted by Gasteiger charge is -2.32. The molecule has 1 aliphatic carbocycles. The van der Waals surface area contributed by atoms with Gasteiger partial charge >= 0.3 is 5.97 Å². The maximum Gasteiger partial charge on any atom is 0.326 e. The number of aromatic nitrogens is 4. The van der Waals surface area contributed by atoms with Crippen LogP contribution in [-0.4, -0.2) is 78.6 Å². The summed E-state index contributed by atoms with van der Waals surface area (Å²) in [6.45, 7) is 11.9. The van der Waals surface area contributed by atoms with E-state index in [1.54, 1.807) is 0 Å². The van der Waals surface area contributed by atoms with Gasteiger partial charge in [0.05, 0.1) is 5.54 Å². The van der Waals surface area contributed by atoms with Crippen molar-refractivity contribution in [1.82, 2.24) is 35.7 Å². The lowest BCUT2D eigenvalue weighted by atomic mass is 9.94. The first-order valence-electron chi connectivity index (χ1n) is 16.3. The maximum atomic E-state index is 13.7. The van der Waals surface area contributed by atoms with Crippen LogP contribution in [-0.2, 0) is 31.1 Å². The van der Waals surface area contributed by atoms with Gasteiger partial charge in [0.25, 0.3) is 0 Å². The summed E-state index contributed by atoms with van der Waals surface area (Å²) in [6.07, 6.45) is 4.78. The third kappa shape index (κ3) is 7.70. The molecule has 2 aromatic rings. The third-order valence-corrected chi connectivity index (χ3v) is 9.52. The molecule has 12 heteroatoms. The van der Waals surface area contributed by atoms with Gasteiger partial charge in [-0.25, -0.2) is 9.48 Å². The number of aryl methyl sites for hydroxylation is 1. The number of tetrazole rings is 1. The number of hydrogen-bond donors (Lipinski definition) is 3. The molecule has 1 saturated heterocycles. The molecule has 2 fully saturated rings. The van der Waals surface area contributed by atoms with Crippen molar-refractivity contribution in [1.29, 1.82) is 0 Å². The summed E-state index contributed by atoms with van der Waals surface area (Å²) in [4.78, 5) is 53.7. The molecule has 4 rings (SSSR count). The van der Waals surface area contributed by atoms with Crippen molar-refractivity contribution in [2.75, 3.05) is 6.54 Å². The van der Waals surface area contributed by atoms with Gasteiger partial charge in [0.2, 0.25) is 17.7 Å². The van der Waals surface area contributed by atoms with Gasteiger partial charge in [-0.05, 0) is 79.2 Å². The number of hydrogen-bond acceptors (Lipinski definition) is 7. The largest absolute Gasteiger partial charge is 0.480 e. The van der Waals surface area contributed by atoms with E-state index in [1.165, 1.54) is 4.90 Å². The minimum absolute atomic E-state index is 0.0411. The molecule has 5 atom stereocenters. The van der Waals surface area contributed by atoms with Crippen LogP contribution in [0, 0.1) is 23.7 Å². The van der Waals surface area contributed by atoms with Gasteiger partial charge in [-0.1, -0.05) is 64.4 Å².